The predicted molar refractivity (Wildman–Crippen MR) is 133 cm³/mol. The summed E-state index contributed by atoms with van der Waals surface area (Å²) in [6.07, 6.45) is 4.95. The quantitative estimate of drug-likeness (QED) is 0.537. The molecule has 2 aliphatic heterocycles. The molecule has 10 heteroatoms. The third kappa shape index (κ3) is 5.53. The van der Waals surface area contributed by atoms with Crippen molar-refractivity contribution in [1.29, 1.82) is 0 Å². The maximum absolute atomic E-state index is 13.4. The first-order valence-corrected chi connectivity index (χ1v) is 13.3. The number of carbonyl (C=O) groups excluding carboxylic acids is 3. The summed E-state index contributed by atoms with van der Waals surface area (Å²) in [5, 5.41) is 10.6. The lowest BCUT2D eigenvalue weighted by Crippen LogP contribution is -2.65. The number of piperazine rings is 1. The highest BCUT2D eigenvalue weighted by Gasteiger charge is 2.48. The maximum atomic E-state index is 13.4. The zero-order chi connectivity index (χ0) is 25.0. The van der Waals surface area contributed by atoms with Gasteiger partial charge in [-0.15, -0.1) is 0 Å². The van der Waals surface area contributed by atoms with Crippen LogP contribution >= 0.6 is 0 Å². The number of aromatic nitrogens is 2. The molecular formula is C25H41N7O3. The van der Waals surface area contributed by atoms with Gasteiger partial charge in [-0.05, 0) is 32.7 Å². The van der Waals surface area contributed by atoms with Crippen molar-refractivity contribution in [1.82, 2.24) is 35.1 Å². The Morgan fingerprint density at radius 3 is 2.43 bits per heavy atom. The van der Waals surface area contributed by atoms with Gasteiger partial charge in [-0.1, -0.05) is 26.7 Å². The van der Waals surface area contributed by atoms with Crippen molar-refractivity contribution in [3.05, 3.63) is 17.5 Å². The largest absolute Gasteiger partial charge is 0.351 e. The van der Waals surface area contributed by atoms with Crippen LogP contribution in [0.25, 0.3) is 0 Å². The number of carbonyl (C=O) groups is 3. The Kier molecular flexibility index (Phi) is 8.11. The molecule has 1 aliphatic carbocycles. The van der Waals surface area contributed by atoms with Gasteiger partial charge in [0.1, 0.15) is 11.2 Å². The number of amides is 3. The van der Waals surface area contributed by atoms with Crippen LogP contribution in [-0.2, 0) is 11.3 Å². The van der Waals surface area contributed by atoms with E-state index >= 15 is 0 Å². The highest BCUT2D eigenvalue weighted by atomic mass is 16.2. The number of nitrogens with zero attached hydrogens (tertiary/aromatic N) is 5. The topological polar surface area (TPSA) is 103 Å². The highest BCUT2D eigenvalue weighted by Crippen LogP contribution is 2.29. The molecule has 194 valence electrons. The van der Waals surface area contributed by atoms with E-state index in [4.69, 9.17) is 0 Å². The first kappa shape index (κ1) is 25.6. The normalized spacial score (nSPS) is 24.0. The van der Waals surface area contributed by atoms with Crippen LogP contribution in [0, 0.1) is 0 Å². The average Bonchev–Trinajstić information content (AvgIpc) is 3.52. The van der Waals surface area contributed by atoms with Crippen LogP contribution in [0.15, 0.2) is 6.07 Å². The fourth-order valence-electron chi connectivity index (χ4n) is 5.48. The molecule has 3 aliphatic rings. The lowest BCUT2D eigenvalue weighted by Gasteiger charge is -2.43. The van der Waals surface area contributed by atoms with Gasteiger partial charge in [0.2, 0.25) is 5.91 Å². The van der Waals surface area contributed by atoms with Gasteiger partial charge in [-0.2, -0.15) is 5.10 Å². The number of fused-ring (bicyclic) bond motifs is 1. The van der Waals surface area contributed by atoms with Crippen LogP contribution in [0.5, 0.6) is 0 Å². The van der Waals surface area contributed by atoms with E-state index in [0.717, 1.165) is 71.4 Å². The summed E-state index contributed by atoms with van der Waals surface area (Å²) in [6, 6.07) is 1.73. The third-order valence-electron chi connectivity index (χ3n) is 7.78. The van der Waals surface area contributed by atoms with Crippen LogP contribution in [0.1, 0.15) is 73.9 Å². The lowest BCUT2D eigenvalue weighted by molar-refractivity contribution is -0.133. The molecule has 1 atom stereocenters. The highest BCUT2D eigenvalue weighted by molar-refractivity contribution is 6.01. The van der Waals surface area contributed by atoms with Gasteiger partial charge in [0.05, 0.1) is 6.54 Å². The van der Waals surface area contributed by atoms with Gasteiger partial charge in [0.25, 0.3) is 11.8 Å². The molecular weight excluding hydrogens is 446 g/mol. The van der Waals surface area contributed by atoms with E-state index in [1.807, 2.05) is 13.8 Å². The zero-order valence-corrected chi connectivity index (χ0v) is 21.5. The molecule has 3 amide bonds. The number of likely N-dealkylation sites (N-methyl/N-ethyl adjacent to an activating group) is 1. The van der Waals surface area contributed by atoms with Crippen LogP contribution in [0.4, 0.5) is 0 Å². The Bertz CT molecular complexity index is 918. The predicted octanol–water partition coefficient (Wildman–Crippen LogP) is 0.934. The number of rotatable bonds is 9. The summed E-state index contributed by atoms with van der Waals surface area (Å²) in [5.41, 5.74) is -0.449. The molecule has 2 N–H and O–H groups in total. The number of hydrogen-bond acceptors (Lipinski definition) is 6. The first-order valence-electron chi connectivity index (χ1n) is 13.3. The Hall–Kier alpha value is -2.46. The Morgan fingerprint density at radius 2 is 1.77 bits per heavy atom. The van der Waals surface area contributed by atoms with Gasteiger partial charge in [0, 0.05) is 57.9 Å². The minimum Gasteiger partial charge on any atom is -0.351 e. The molecule has 1 saturated carbocycles. The van der Waals surface area contributed by atoms with E-state index in [9.17, 15) is 14.4 Å². The third-order valence-corrected chi connectivity index (χ3v) is 7.78. The Morgan fingerprint density at radius 1 is 1.09 bits per heavy atom. The molecule has 0 bridgehead atoms. The van der Waals surface area contributed by atoms with Gasteiger partial charge in [-0.3, -0.25) is 24.0 Å². The smallest absolute Gasteiger partial charge is 0.273 e. The molecule has 2 fully saturated rings. The molecule has 10 nitrogen and oxygen atoms in total. The molecule has 1 saturated heterocycles. The number of hydrogen-bond donors (Lipinski definition) is 2. The number of nitrogens with one attached hydrogen (secondary N) is 2. The molecule has 1 aromatic heterocycles. The van der Waals surface area contributed by atoms with Crippen LogP contribution < -0.4 is 10.6 Å². The minimum absolute atomic E-state index is 0.137. The second kappa shape index (κ2) is 11.1. The lowest BCUT2D eigenvalue weighted by atomic mass is 9.94. The molecule has 4 rings (SSSR count). The molecule has 0 aromatic carbocycles. The summed E-state index contributed by atoms with van der Waals surface area (Å²) >= 11 is 0. The second-order valence-corrected chi connectivity index (χ2v) is 10.3. The van der Waals surface area contributed by atoms with Crippen molar-refractivity contribution in [2.24, 2.45) is 0 Å². The van der Waals surface area contributed by atoms with Crippen molar-refractivity contribution in [3.8, 4) is 0 Å². The SMILES string of the molecule is CCCN1C(=O)c2cc(C(=O)NCCN3CCN(CC)CC3)nn2C[C@@]1(C)C(=O)NC1CCCC1. The Labute approximate surface area is 208 Å². The zero-order valence-electron chi connectivity index (χ0n) is 21.5. The molecule has 3 heterocycles. The maximum Gasteiger partial charge on any atom is 0.273 e. The van der Waals surface area contributed by atoms with Crippen LogP contribution in [-0.4, -0.2) is 106 Å². The van der Waals surface area contributed by atoms with Gasteiger partial charge >= 0.3 is 0 Å². The molecule has 35 heavy (non-hydrogen) atoms. The summed E-state index contributed by atoms with van der Waals surface area (Å²) in [5.74, 6) is -0.671. The molecule has 0 radical (unpaired) electrons. The van der Waals surface area contributed by atoms with E-state index in [2.05, 4.69) is 32.5 Å². The molecule has 0 unspecified atom stereocenters. The van der Waals surface area contributed by atoms with Crippen molar-refractivity contribution in [3.63, 3.8) is 0 Å². The fourth-order valence-corrected chi connectivity index (χ4v) is 5.48. The van der Waals surface area contributed by atoms with Gasteiger partial charge in [-0.25, -0.2) is 0 Å². The monoisotopic (exact) mass is 487 g/mol. The van der Waals surface area contributed by atoms with Crippen molar-refractivity contribution >= 4 is 17.7 Å². The van der Waals surface area contributed by atoms with Crippen molar-refractivity contribution < 1.29 is 14.4 Å². The fraction of sp³-hybridized carbons (Fsp3) is 0.760. The van der Waals surface area contributed by atoms with Crippen molar-refractivity contribution in [2.45, 2.75) is 71.0 Å². The van der Waals surface area contributed by atoms with Gasteiger partial charge in [0.15, 0.2) is 5.69 Å². The standard InChI is InChI=1S/C25H41N7O3/c1-4-11-31-23(34)21-17-20(22(33)26-10-12-30-15-13-29(5-2)14-16-30)28-32(21)18-25(31,3)24(35)27-19-8-6-7-9-19/h17,19H,4-16,18H2,1-3H3,(H,26,33)(H,27,35)/t25-/m0/s1. The van der Waals surface area contributed by atoms with E-state index in [1.165, 1.54) is 0 Å². The first-order chi connectivity index (χ1) is 16.9. The van der Waals surface area contributed by atoms with E-state index in [-0.39, 0.29) is 36.0 Å². The van der Waals surface area contributed by atoms with E-state index in [1.54, 1.807) is 15.6 Å². The Balaban J connectivity index is 1.40. The molecule has 1 aromatic rings. The summed E-state index contributed by atoms with van der Waals surface area (Å²) < 4.78 is 1.54. The van der Waals surface area contributed by atoms with Crippen molar-refractivity contribution in [2.75, 3.05) is 52.4 Å². The van der Waals surface area contributed by atoms with Gasteiger partial charge < -0.3 is 20.4 Å². The van der Waals surface area contributed by atoms with E-state index < -0.39 is 5.54 Å². The second-order valence-electron chi connectivity index (χ2n) is 10.3. The summed E-state index contributed by atoms with van der Waals surface area (Å²) in [7, 11) is 0. The minimum atomic E-state index is -1.04. The van der Waals surface area contributed by atoms with Crippen LogP contribution in [0.3, 0.4) is 0 Å². The summed E-state index contributed by atoms with van der Waals surface area (Å²) in [4.78, 5) is 46.0. The van der Waals surface area contributed by atoms with Crippen LogP contribution in [0.2, 0.25) is 0 Å². The summed E-state index contributed by atoms with van der Waals surface area (Å²) in [6.45, 7) is 13.2. The molecule has 0 spiro atoms. The average molecular weight is 488 g/mol. The van der Waals surface area contributed by atoms with E-state index in [0.29, 0.717) is 18.8 Å².